The molecule has 2 fully saturated rings. The smallest absolute Gasteiger partial charge is 0.223 e. The van der Waals surface area contributed by atoms with E-state index in [1.165, 1.54) is 5.56 Å². The van der Waals surface area contributed by atoms with Gasteiger partial charge in [0.1, 0.15) is 5.75 Å². The van der Waals surface area contributed by atoms with Crippen molar-refractivity contribution in [1.29, 1.82) is 0 Å². The van der Waals surface area contributed by atoms with Gasteiger partial charge in [0.15, 0.2) is 0 Å². The predicted molar refractivity (Wildman–Crippen MR) is 114 cm³/mol. The summed E-state index contributed by atoms with van der Waals surface area (Å²) >= 11 is 0. The summed E-state index contributed by atoms with van der Waals surface area (Å²) < 4.78 is 5.65. The lowest BCUT2D eigenvalue weighted by Crippen LogP contribution is -2.56. The van der Waals surface area contributed by atoms with Gasteiger partial charge in [-0.1, -0.05) is 61.4 Å². The number of aliphatic hydroxyl groups is 1. The van der Waals surface area contributed by atoms with Gasteiger partial charge < -0.3 is 14.7 Å². The van der Waals surface area contributed by atoms with Gasteiger partial charge in [-0.05, 0) is 37.3 Å². The number of rotatable bonds is 5. The molecule has 1 aliphatic carbocycles. The fourth-order valence-corrected chi connectivity index (χ4v) is 5.30. The molecule has 1 heterocycles. The summed E-state index contributed by atoms with van der Waals surface area (Å²) in [6, 6.07) is 18.0. The zero-order chi connectivity index (χ0) is 20.3. The van der Waals surface area contributed by atoms with Crippen LogP contribution in [-0.2, 0) is 11.2 Å². The Labute approximate surface area is 173 Å². The minimum Gasteiger partial charge on any atom is -0.496 e. The largest absolute Gasteiger partial charge is 0.496 e. The summed E-state index contributed by atoms with van der Waals surface area (Å²) in [5.41, 5.74) is 1.52. The number of carbonyl (C=O) groups excluding carboxylic acids is 1. The first-order valence-corrected chi connectivity index (χ1v) is 10.8. The van der Waals surface area contributed by atoms with Gasteiger partial charge in [0.25, 0.3) is 0 Å². The molecule has 1 saturated carbocycles. The van der Waals surface area contributed by atoms with E-state index in [1.54, 1.807) is 7.11 Å². The van der Waals surface area contributed by atoms with E-state index in [9.17, 15) is 9.90 Å². The maximum Gasteiger partial charge on any atom is 0.223 e. The van der Waals surface area contributed by atoms with Crippen molar-refractivity contribution in [3.63, 3.8) is 0 Å². The van der Waals surface area contributed by atoms with E-state index in [1.807, 2.05) is 41.3 Å². The van der Waals surface area contributed by atoms with Gasteiger partial charge in [-0.3, -0.25) is 4.79 Å². The average Bonchev–Trinajstić information content (AvgIpc) is 2.77. The number of amides is 1. The molecule has 2 aromatic rings. The lowest BCUT2D eigenvalue weighted by molar-refractivity contribution is -0.155. The Balaban J connectivity index is 1.63. The third kappa shape index (κ3) is 4.04. The fourth-order valence-electron chi connectivity index (χ4n) is 5.30. The maximum atomic E-state index is 13.3. The molecule has 29 heavy (non-hydrogen) atoms. The Morgan fingerprint density at radius 2 is 1.86 bits per heavy atom. The van der Waals surface area contributed by atoms with Gasteiger partial charge in [-0.15, -0.1) is 0 Å². The lowest BCUT2D eigenvalue weighted by atomic mass is 9.66. The van der Waals surface area contributed by atoms with Crippen molar-refractivity contribution in [3.8, 4) is 5.75 Å². The van der Waals surface area contributed by atoms with Crippen molar-refractivity contribution < 1.29 is 14.6 Å². The number of likely N-dealkylation sites (tertiary alicyclic amines) is 1. The molecular formula is C25H31NO3. The first-order chi connectivity index (χ1) is 14.1. The van der Waals surface area contributed by atoms with Crippen LogP contribution in [0, 0.1) is 5.92 Å². The minimum atomic E-state index is -0.681. The van der Waals surface area contributed by atoms with Crippen molar-refractivity contribution in [1.82, 2.24) is 4.90 Å². The Morgan fingerprint density at radius 1 is 1.10 bits per heavy atom. The number of carbonyl (C=O) groups is 1. The van der Waals surface area contributed by atoms with Crippen LogP contribution in [0.2, 0.25) is 0 Å². The highest BCUT2D eigenvalue weighted by atomic mass is 16.5. The van der Waals surface area contributed by atoms with Crippen LogP contribution in [0.1, 0.15) is 55.7 Å². The van der Waals surface area contributed by atoms with Crippen LogP contribution < -0.4 is 4.74 Å². The van der Waals surface area contributed by atoms with Crippen molar-refractivity contribution in [2.24, 2.45) is 5.92 Å². The minimum absolute atomic E-state index is 0.0574. The SMILES string of the molecule is COc1ccccc1[C@H]1[C@H]2CCCC[C@@]2(O)CCN1C(=O)CCc1ccccc1. The van der Waals surface area contributed by atoms with Crippen molar-refractivity contribution >= 4 is 5.91 Å². The topological polar surface area (TPSA) is 49.8 Å². The number of para-hydroxylation sites is 1. The maximum absolute atomic E-state index is 13.3. The zero-order valence-electron chi connectivity index (χ0n) is 17.2. The summed E-state index contributed by atoms with van der Waals surface area (Å²) in [6.07, 6.45) is 5.83. The summed E-state index contributed by atoms with van der Waals surface area (Å²) in [5, 5.41) is 11.4. The number of nitrogens with zero attached hydrogens (tertiary/aromatic N) is 1. The fraction of sp³-hybridized carbons (Fsp3) is 0.480. The molecule has 0 spiro atoms. The quantitative estimate of drug-likeness (QED) is 0.812. The number of methoxy groups -OCH3 is 1. The van der Waals surface area contributed by atoms with Gasteiger partial charge in [-0.2, -0.15) is 0 Å². The second-order valence-electron chi connectivity index (χ2n) is 8.47. The third-order valence-electron chi connectivity index (χ3n) is 6.82. The molecule has 1 amide bonds. The Kier molecular flexibility index (Phi) is 5.91. The molecule has 4 heteroatoms. The van der Waals surface area contributed by atoms with Gasteiger partial charge in [-0.25, -0.2) is 0 Å². The van der Waals surface area contributed by atoms with Crippen LogP contribution >= 0.6 is 0 Å². The third-order valence-corrected chi connectivity index (χ3v) is 6.82. The lowest BCUT2D eigenvalue weighted by Gasteiger charge is -2.52. The predicted octanol–water partition coefficient (Wildman–Crippen LogP) is 4.52. The van der Waals surface area contributed by atoms with E-state index in [-0.39, 0.29) is 17.9 Å². The number of benzene rings is 2. The van der Waals surface area contributed by atoms with Crippen LogP contribution in [0.3, 0.4) is 0 Å². The van der Waals surface area contributed by atoms with E-state index < -0.39 is 5.60 Å². The highest BCUT2D eigenvalue weighted by Crippen LogP contribution is 2.50. The van der Waals surface area contributed by atoms with E-state index in [4.69, 9.17) is 4.74 Å². The van der Waals surface area contributed by atoms with Gasteiger partial charge >= 0.3 is 0 Å². The van der Waals surface area contributed by atoms with Gasteiger partial charge in [0.05, 0.1) is 18.8 Å². The summed E-state index contributed by atoms with van der Waals surface area (Å²) in [6.45, 7) is 0.601. The number of hydrogen-bond acceptors (Lipinski definition) is 3. The molecule has 1 saturated heterocycles. The molecular weight excluding hydrogens is 362 g/mol. The van der Waals surface area contributed by atoms with E-state index in [2.05, 4.69) is 18.2 Å². The normalized spacial score (nSPS) is 26.6. The van der Waals surface area contributed by atoms with Crippen molar-refractivity contribution in [2.75, 3.05) is 13.7 Å². The van der Waals surface area contributed by atoms with Crippen molar-refractivity contribution in [2.45, 2.75) is 56.6 Å². The second kappa shape index (κ2) is 8.58. The molecule has 0 bridgehead atoms. The highest BCUT2D eigenvalue weighted by molar-refractivity contribution is 5.77. The molecule has 0 aromatic heterocycles. The van der Waals surface area contributed by atoms with E-state index in [0.29, 0.717) is 19.4 Å². The molecule has 1 aliphatic heterocycles. The molecule has 3 atom stereocenters. The molecule has 2 aliphatic rings. The zero-order valence-corrected chi connectivity index (χ0v) is 17.2. The standard InChI is InChI=1S/C25H31NO3/c1-29-22-13-6-5-11-20(22)24-21-12-7-8-16-25(21,28)17-18-26(24)23(27)15-14-19-9-3-2-4-10-19/h2-6,9-11,13,21,24,28H,7-8,12,14-18H2,1H3/t21-,24+,25-/m1/s1. The molecule has 1 N–H and O–H groups in total. The Bertz CT molecular complexity index is 837. The van der Waals surface area contributed by atoms with Crippen LogP contribution in [0.4, 0.5) is 0 Å². The first-order valence-electron chi connectivity index (χ1n) is 10.8. The molecule has 2 aromatic carbocycles. The monoisotopic (exact) mass is 393 g/mol. The molecule has 4 nitrogen and oxygen atoms in total. The molecule has 0 radical (unpaired) electrons. The molecule has 154 valence electrons. The Hall–Kier alpha value is -2.33. The number of fused-ring (bicyclic) bond motifs is 1. The number of piperidine rings is 1. The van der Waals surface area contributed by atoms with Crippen molar-refractivity contribution in [3.05, 3.63) is 65.7 Å². The summed E-state index contributed by atoms with van der Waals surface area (Å²) in [7, 11) is 1.68. The number of aryl methyl sites for hydroxylation is 1. The highest BCUT2D eigenvalue weighted by Gasteiger charge is 2.50. The van der Waals surface area contributed by atoms with E-state index >= 15 is 0 Å². The molecule has 0 unspecified atom stereocenters. The molecule has 4 rings (SSSR count). The van der Waals surface area contributed by atoms with Gasteiger partial charge in [0.2, 0.25) is 5.91 Å². The van der Waals surface area contributed by atoms with Gasteiger partial charge in [0, 0.05) is 24.4 Å². The number of ether oxygens (including phenoxy) is 1. The Morgan fingerprint density at radius 3 is 2.66 bits per heavy atom. The van der Waals surface area contributed by atoms with Crippen LogP contribution in [0.15, 0.2) is 54.6 Å². The van der Waals surface area contributed by atoms with Crippen LogP contribution in [0.25, 0.3) is 0 Å². The average molecular weight is 394 g/mol. The van der Waals surface area contributed by atoms with Crippen LogP contribution in [-0.4, -0.2) is 35.2 Å². The summed E-state index contributed by atoms with van der Waals surface area (Å²) in [5.74, 6) is 1.02. The second-order valence-corrected chi connectivity index (χ2v) is 8.47. The number of hydrogen-bond donors (Lipinski definition) is 1. The first kappa shape index (κ1) is 20.0. The van der Waals surface area contributed by atoms with E-state index in [0.717, 1.165) is 43.4 Å². The summed E-state index contributed by atoms with van der Waals surface area (Å²) in [4.78, 5) is 15.4. The van der Waals surface area contributed by atoms with Crippen LogP contribution in [0.5, 0.6) is 5.75 Å².